The zero-order valence-electron chi connectivity index (χ0n) is 18.1. The standard InChI is InChI=1S/C21H29F2NO6/c1-20(2,3)29-18(26)24(19(27)30-21(4,5)6)9-7-8-14-12-15(22)16(23)13-17(14)28-11-10-25/h7-8,12-13,25H,9-11H2,1-6H3/b8-7+. The first-order chi connectivity index (χ1) is 13.7. The van der Waals surface area contributed by atoms with Crippen LogP contribution in [0.1, 0.15) is 47.1 Å². The Morgan fingerprint density at radius 3 is 1.97 bits per heavy atom. The number of aliphatic hydroxyl groups excluding tert-OH is 1. The third-order valence-corrected chi connectivity index (χ3v) is 3.21. The summed E-state index contributed by atoms with van der Waals surface area (Å²) in [7, 11) is 0. The van der Waals surface area contributed by atoms with Crippen molar-refractivity contribution in [1.29, 1.82) is 0 Å². The molecule has 1 N–H and O–H groups in total. The van der Waals surface area contributed by atoms with E-state index in [1.54, 1.807) is 41.5 Å². The molecule has 168 valence electrons. The van der Waals surface area contributed by atoms with Gasteiger partial charge >= 0.3 is 12.2 Å². The quantitative estimate of drug-likeness (QED) is 0.716. The van der Waals surface area contributed by atoms with Crippen LogP contribution in [0.3, 0.4) is 0 Å². The summed E-state index contributed by atoms with van der Waals surface area (Å²) in [6, 6.07) is 1.76. The van der Waals surface area contributed by atoms with Gasteiger partial charge in [-0.05, 0) is 47.6 Å². The number of imide groups is 1. The largest absolute Gasteiger partial charge is 0.490 e. The molecule has 0 aliphatic carbocycles. The van der Waals surface area contributed by atoms with Gasteiger partial charge in [0.2, 0.25) is 0 Å². The molecule has 0 heterocycles. The topological polar surface area (TPSA) is 85.3 Å². The fourth-order valence-electron chi connectivity index (χ4n) is 2.10. The summed E-state index contributed by atoms with van der Waals surface area (Å²) in [6.45, 7) is 9.24. The molecule has 0 fully saturated rings. The number of nitrogens with zero attached hydrogens (tertiary/aromatic N) is 1. The smallest absolute Gasteiger partial charge is 0.420 e. The Kier molecular flexibility index (Phi) is 8.77. The molecule has 9 heteroatoms. The van der Waals surface area contributed by atoms with Gasteiger partial charge < -0.3 is 19.3 Å². The lowest BCUT2D eigenvalue weighted by Crippen LogP contribution is -2.43. The second kappa shape index (κ2) is 10.4. The fourth-order valence-corrected chi connectivity index (χ4v) is 2.10. The van der Waals surface area contributed by atoms with Gasteiger partial charge in [0.05, 0.1) is 13.2 Å². The molecule has 0 bridgehead atoms. The van der Waals surface area contributed by atoms with Crippen molar-refractivity contribution in [2.75, 3.05) is 19.8 Å². The Hall–Kier alpha value is -2.68. The van der Waals surface area contributed by atoms with Crippen LogP contribution < -0.4 is 4.74 Å². The molecule has 30 heavy (non-hydrogen) atoms. The lowest BCUT2D eigenvalue weighted by atomic mass is 10.1. The highest BCUT2D eigenvalue weighted by Gasteiger charge is 2.30. The Balaban J connectivity index is 3.10. The predicted molar refractivity (Wildman–Crippen MR) is 107 cm³/mol. The monoisotopic (exact) mass is 429 g/mol. The number of aliphatic hydroxyl groups is 1. The van der Waals surface area contributed by atoms with E-state index >= 15 is 0 Å². The summed E-state index contributed by atoms with van der Waals surface area (Å²) in [6.07, 6.45) is 0.912. The van der Waals surface area contributed by atoms with Gasteiger partial charge in [0.15, 0.2) is 11.6 Å². The van der Waals surface area contributed by atoms with Crippen LogP contribution in [-0.4, -0.2) is 53.2 Å². The zero-order chi connectivity index (χ0) is 23.1. The van der Waals surface area contributed by atoms with Gasteiger partial charge in [-0.3, -0.25) is 0 Å². The zero-order valence-corrected chi connectivity index (χ0v) is 18.1. The number of hydrogen-bond donors (Lipinski definition) is 1. The van der Waals surface area contributed by atoms with Crippen molar-refractivity contribution >= 4 is 18.3 Å². The summed E-state index contributed by atoms with van der Waals surface area (Å²) < 4.78 is 42.8. The first-order valence-electron chi connectivity index (χ1n) is 9.36. The minimum Gasteiger partial charge on any atom is -0.490 e. The van der Waals surface area contributed by atoms with E-state index in [0.29, 0.717) is 0 Å². The number of carbonyl (C=O) groups excluding carboxylic acids is 2. The van der Waals surface area contributed by atoms with E-state index < -0.39 is 35.0 Å². The van der Waals surface area contributed by atoms with Gasteiger partial charge in [-0.25, -0.2) is 23.3 Å². The third kappa shape index (κ3) is 8.77. The fraction of sp³-hybridized carbons (Fsp3) is 0.524. The van der Waals surface area contributed by atoms with Crippen LogP contribution >= 0.6 is 0 Å². The van der Waals surface area contributed by atoms with Crippen molar-refractivity contribution in [3.8, 4) is 5.75 Å². The lowest BCUT2D eigenvalue weighted by molar-refractivity contribution is 0.00376. The molecule has 2 amide bonds. The molecule has 1 aromatic carbocycles. The van der Waals surface area contributed by atoms with Crippen molar-refractivity contribution < 1.29 is 37.7 Å². The number of carbonyl (C=O) groups is 2. The highest BCUT2D eigenvalue weighted by molar-refractivity contribution is 5.88. The molecule has 0 unspecified atom stereocenters. The van der Waals surface area contributed by atoms with E-state index in [1.165, 1.54) is 12.2 Å². The summed E-state index contributed by atoms with van der Waals surface area (Å²) in [5.41, 5.74) is -1.52. The van der Waals surface area contributed by atoms with Crippen LogP contribution in [0.15, 0.2) is 18.2 Å². The van der Waals surface area contributed by atoms with Crippen molar-refractivity contribution in [2.45, 2.75) is 52.7 Å². The average molecular weight is 429 g/mol. The van der Waals surface area contributed by atoms with Gasteiger partial charge in [-0.1, -0.05) is 12.2 Å². The molecule has 0 aliphatic heterocycles. The van der Waals surface area contributed by atoms with Gasteiger partial charge in [-0.2, -0.15) is 0 Å². The van der Waals surface area contributed by atoms with Crippen LogP contribution in [0.4, 0.5) is 18.4 Å². The molecule has 0 aromatic heterocycles. The first-order valence-corrected chi connectivity index (χ1v) is 9.36. The van der Waals surface area contributed by atoms with Crippen molar-refractivity contribution in [3.63, 3.8) is 0 Å². The number of ether oxygens (including phenoxy) is 3. The molecule has 0 saturated heterocycles. The van der Waals surface area contributed by atoms with Gasteiger partial charge in [0.25, 0.3) is 0 Å². The van der Waals surface area contributed by atoms with E-state index in [0.717, 1.165) is 17.0 Å². The number of amides is 2. The summed E-state index contributed by atoms with van der Waals surface area (Å²) >= 11 is 0. The molecule has 1 aromatic rings. The van der Waals surface area contributed by atoms with E-state index in [4.69, 9.17) is 19.3 Å². The maximum atomic E-state index is 13.6. The van der Waals surface area contributed by atoms with Crippen molar-refractivity contribution in [1.82, 2.24) is 4.90 Å². The molecule has 0 radical (unpaired) electrons. The Bertz CT molecular complexity index is 753. The normalized spacial score (nSPS) is 12.0. The minimum absolute atomic E-state index is 0.000265. The van der Waals surface area contributed by atoms with Crippen LogP contribution in [0.25, 0.3) is 6.08 Å². The van der Waals surface area contributed by atoms with E-state index in [9.17, 15) is 18.4 Å². The van der Waals surface area contributed by atoms with Gasteiger partial charge in [0.1, 0.15) is 23.6 Å². The molecule has 7 nitrogen and oxygen atoms in total. The maximum Gasteiger partial charge on any atom is 0.420 e. The number of rotatable bonds is 6. The first kappa shape index (κ1) is 25.4. The number of hydrogen-bond acceptors (Lipinski definition) is 6. The molecule has 0 saturated carbocycles. The van der Waals surface area contributed by atoms with Gasteiger partial charge in [-0.15, -0.1) is 0 Å². The Morgan fingerprint density at radius 2 is 1.50 bits per heavy atom. The van der Waals surface area contributed by atoms with E-state index in [-0.39, 0.29) is 31.1 Å². The summed E-state index contributed by atoms with van der Waals surface area (Å²) in [5, 5.41) is 8.88. The highest BCUT2D eigenvalue weighted by Crippen LogP contribution is 2.24. The van der Waals surface area contributed by atoms with Crippen LogP contribution in [0.2, 0.25) is 0 Å². The Morgan fingerprint density at radius 1 is 1.00 bits per heavy atom. The number of halogens is 2. The van der Waals surface area contributed by atoms with Crippen molar-refractivity contribution in [3.05, 3.63) is 35.4 Å². The predicted octanol–water partition coefficient (Wildman–Crippen LogP) is 4.52. The maximum absolute atomic E-state index is 13.6. The molecule has 0 spiro atoms. The highest BCUT2D eigenvalue weighted by atomic mass is 19.2. The second-order valence-corrected chi connectivity index (χ2v) is 8.35. The SMILES string of the molecule is CC(C)(C)OC(=O)N(C/C=C/c1cc(F)c(F)cc1OCCO)C(=O)OC(C)(C)C. The minimum atomic E-state index is -1.11. The molecule has 0 aliphatic rings. The lowest BCUT2D eigenvalue weighted by Gasteiger charge is -2.28. The summed E-state index contributed by atoms with van der Waals surface area (Å²) in [4.78, 5) is 25.6. The molecular formula is C21H29F2NO6. The van der Waals surface area contributed by atoms with Crippen molar-refractivity contribution in [2.24, 2.45) is 0 Å². The van der Waals surface area contributed by atoms with Crippen LogP contribution in [-0.2, 0) is 9.47 Å². The van der Waals surface area contributed by atoms with Gasteiger partial charge in [0, 0.05) is 11.6 Å². The average Bonchev–Trinajstić information content (AvgIpc) is 2.56. The molecule has 0 atom stereocenters. The Labute approximate surface area is 175 Å². The summed E-state index contributed by atoms with van der Waals surface area (Å²) in [5.74, 6) is -2.20. The third-order valence-electron chi connectivity index (χ3n) is 3.21. The second-order valence-electron chi connectivity index (χ2n) is 8.35. The van der Waals surface area contributed by atoms with E-state index in [1.807, 2.05) is 0 Å². The molecule has 1 rings (SSSR count). The van der Waals surface area contributed by atoms with Crippen LogP contribution in [0, 0.1) is 11.6 Å². The number of benzene rings is 1. The molecular weight excluding hydrogens is 400 g/mol. The van der Waals surface area contributed by atoms with E-state index in [2.05, 4.69) is 0 Å². The van der Waals surface area contributed by atoms with Crippen LogP contribution in [0.5, 0.6) is 5.75 Å².